The van der Waals surface area contributed by atoms with Crippen molar-refractivity contribution in [1.82, 2.24) is 30.3 Å². The standard InChI is InChI=1S/C26H33B3N8O4S/c1-36(2)14-11-37(12-14)25(40)18-10-30-24(42-18)15-5-4-6-16(21(15)41-3)31-17-9-19(32-22(38)13-7-8-13)34-35-20(17)23(39)33-26(27,28)29/h4-6,9-10,13-14H,7-8,11-12,27-29H2,1-3H3,(H,33,39)(H2,31,32,34,38). The van der Waals surface area contributed by atoms with Gasteiger partial charge in [0.2, 0.25) is 5.91 Å². The summed E-state index contributed by atoms with van der Waals surface area (Å²) in [6.45, 7) is 1.38. The molecule has 0 spiro atoms. The van der Waals surface area contributed by atoms with Gasteiger partial charge in [0.15, 0.2) is 17.3 Å². The van der Waals surface area contributed by atoms with Crippen LogP contribution < -0.4 is 20.7 Å². The Kier molecular flexibility index (Phi) is 8.29. The fourth-order valence-electron chi connectivity index (χ4n) is 4.46. The Morgan fingerprint density at radius 3 is 2.50 bits per heavy atom. The lowest BCUT2D eigenvalue weighted by atomic mass is 9.49. The number of ether oxygens (including phenoxy) is 1. The number of rotatable bonds is 10. The topological polar surface area (TPSA) is 142 Å². The number of aromatic nitrogens is 3. The van der Waals surface area contributed by atoms with Crippen LogP contribution in [-0.4, -0.2) is 112 Å². The first-order valence-corrected chi connectivity index (χ1v) is 14.6. The highest BCUT2D eigenvalue weighted by molar-refractivity contribution is 7.17. The summed E-state index contributed by atoms with van der Waals surface area (Å²) in [6, 6.07) is 7.45. The van der Waals surface area contributed by atoms with Crippen molar-refractivity contribution in [3.63, 3.8) is 0 Å². The molecular weight excluding hydrogens is 553 g/mol. The zero-order valence-corrected chi connectivity index (χ0v) is 25.5. The molecule has 3 aromatic rings. The van der Waals surface area contributed by atoms with E-state index in [9.17, 15) is 14.4 Å². The van der Waals surface area contributed by atoms with Crippen LogP contribution in [0.15, 0.2) is 30.5 Å². The number of amides is 3. The van der Waals surface area contributed by atoms with Crippen LogP contribution in [0.3, 0.4) is 0 Å². The zero-order chi connectivity index (χ0) is 30.2. The average molecular weight is 586 g/mol. The van der Waals surface area contributed by atoms with Gasteiger partial charge in [-0.25, -0.2) is 4.98 Å². The largest absolute Gasteiger partial charge is 0.494 e. The molecule has 216 valence electrons. The molecule has 2 aliphatic rings. The highest BCUT2D eigenvalue weighted by atomic mass is 32.1. The normalized spacial score (nSPS) is 15.2. The number of carbonyl (C=O) groups excluding carboxylic acids is 3. The number of nitrogens with zero attached hydrogens (tertiary/aromatic N) is 5. The third-order valence-electron chi connectivity index (χ3n) is 7.01. The number of benzene rings is 1. The molecule has 12 nitrogen and oxygen atoms in total. The van der Waals surface area contributed by atoms with E-state index < -0.39 is 11.1 Å². The molecule has 0 bridgehead atoms. The van der Waals surface area contributed by atoms with Crippen molar-refractivity contribution >= 4 is 69.8 Å². The molecule has 1 aromatic carbocycles. The van der Waals surface area contributed by atoms with Gasteiger partial charge in [0, 0.05) is 31.1 Å². The Morgan fingerprint density at radius 2 is 1.86 bits per heavy atom. The predicted molar refractivity (Wildman–Crippen MR) is 170 cm³/mol. The van der Waals surface area contributed by atoms with E-state index in [1.807, 2.05) is 54.7 Å². The Balaban J connectivity index is 1.43. The number of para-hydroxylation sites is 1. The Morgan fingerprint density at radius 1 is 1.12 bits per heavy atom. The first-order chi connectivity index (χ1) is 19.9. The van der Waals surface area contributed by atoms with Crippen LogP contribution in [0.5, 0.6) is 5.75 Å². The zero-order valence-electron chi connectivity index (χ0n) is 24.6. The maximum absolute atomic E-state index is 13.2. The van der Waals surface area contributed by atoms with Gasteiger partial charge in [0.25, 0.3) is 11.8 Å². The van der Waals surface area contributed by atoms with Crippen LogP contribution in [0, 0.1) is 5.92 Å². The summed E-state index contributed by atoms with van der Waals surface area (Å²) < 4.78 is 5.81. The van der Waals surface area contributed by atoms with Gasteiger partial charge < -0.3 is 30.5 Å². The average Bonchev–Trinajstić information content (AvgIpc) is 3.63. The lowest BCUT2D eigenvalue weighted by Crippen LogP contribution is -2.59. The maximum Gasteiger partial charge on any atom is 0.272 e. The number of methoxy groups -OCH3 is 1. The summed E-state index contributed by atoms with van der Waals surface area (Å²) in [5.74, 6) is 0.120. The molecule has 3 heterocycles. The van der Waals surface area contributed by atoms with Gasteiger partial charge in [-0.1, -0.05) is 6.07 Å². The number of likely N-dealkylation sites (N-methyl/N-ethyl adjacent to an activating group) is 1. The number of likely N-dealkylation sites (tertiary alicyclic amines) is 1. The molecular formula is C26H33B3N8O4S. The quantitative estimate of drug-likeness (QED) is 0.264. The van der Waals surface area contributed by atoms with E-state index in [0.29, 0.717) is 51.7 Å². The minimum Gasteiger partial charge on any atom is -0.494 e. The molecule has 2 aromatic heterocycles. The second-order valence-electron chi connectivity index (χ2n) is 11.8. The van der Waals surface area contributed by atoms with Crippen LogP contribution in [0.1, 0.15) is 33.0 Å². The fourth-order valence-corrected chi connectivity index (χ4v) is 5.37. The third-order valence-corrected chi connectivity index (χ3v) is 8.03. The van der Waals surface area contributed by atoms with Gasteiger partial charge >= 0.3 is 0 Å². The van der Waals surface area contributed by atoms with Crippen molar-refractivity contribution in [3.8, 4) is 16.3 Å². The molecule has 0 atom stereocenters. The number of carbonyl (C=O) groups is 3. The number of thiazole rings is 1. The maximum atomic E-state index is 13.2. The second-order valence-corrected chi connectivity index (χ2v) is 12.9. The molecule has 0 radical (unpaired) electrons. The Bertz CT molecular complexity index is 1520. The van der Waals surface area contributed by atoms with E-state index in [-0.39, 0.29) is 29.2 Å². The van der Waals surface area contributed by atoms with Crippen LogP contribution in [0.25, 0.3) is 10.6 Å². The smallest absolute Gasteiger partial charge is 0.272 e. The summed E-state index contributed by atoms with van der Waals surface area (Å²) >= 11 is 1.30. The number of anilines is 3. The number of nitrogens with one attached hydrogen (secondary N) is 3. The van der Waals surface area contributed by atoms with E-state index in [1.54, 1.807) is 25.4 Å². The minimum absolute atomic E-state index is 0.0191. The molecule has 5 rings (SSSR count). The summed E-state index contributed by atoms with van der Waals surface area (Å²) in [7, 11) is 11.2. The van der Waals surface area contributed by atoms with E-state index in [4.69, 9.17) is 4.74 Å². The molecule has 16 heteroatoms. The van der Waals surface area contributed by atoms with E-state index in [0.717, 1.165) is 12.8 Å². The van der Waals surface area contributed by atoms with Crippen molar-refractivity contribution in [3.05, 3.63) is 41.0 Å². The van der Waals surface area contributed by atoms with Crippen LogP contribution >= 0.6 is 11.3 Å². The van der Waals surface area contributed by atoms with Gasteiger partial charge in [-0.15, -0.1) is 21.5 Å². The van der Waals surface area contributed by atoms with E-state index in [1.165, 1.54) is 11.3 Å². The molecule has 1 aliphatic heterocycles. The first-order valence-electron chi connectivity index (χ1n) is 13.8. The van der Waals surface area contributed by atoms with Crippen molar-refractivity contribution < 1.29 is 19.1 Å². The minimum atomic E-state index is -0.504. The van der Waals surface area contributed by atoms with E-state index >= 15 is 0 Å². The highest BCUT2D eigenvalue weighted by Gasteiger charge is 2.34. The SMILES string of the molecule is BC(B)(B)NC(=O)c1nnc(NC(=O)C2CC2)cc1Nc1cccc(-c2ncc(C(=O)N3CC(N(C)C)C3)s2)c1OC. The van der Waals surface area contributed by atoms with Gasteiger partial charge in [0.05, 0.1) is 30.2 Å². The molecule has 42 heavy (non-hydrogen) atoms. The van der Waals surface area contributed by atoms with Crippen LogP contribution in [0.2, 0.25) is 0 Å². The molecule has 3 amide bonds. The first kappa shape index (κ1) is 29.6. The molecule has 1 aliphatic carbocycles. The summed E-state index contributed by atoms with van der Waals surface area (Å²) in [5, 5.41) is 17.3. The van der Waals surface area contributed by atoms with Crippen molar-refractivity contribution in [2.45, 2.75) is 24.1 Å². The number of hydrogen-bond donors (Lipinski definition) is 3. The van der Waals surface area contributed by atoms with Gasteiger partial charge in [-0.3, -0.25) is 14.4 Å². The number of hydrogen-bond acceptors (Lipinski definition) is 10. The van der Waals surface area contributed by atoms with Crippen molar-refractivity contribution in [2.75, 3.05) is 44.9 Å². The van der Waals surface area contributed by atoms with E-state index in [2.05, 4.69) is 36.0 Å². The molecule has 2 fully saturated rings. The monoisotopic (exact) mass is 586 g/mol. The lowest BCUT2D eigenvalue weighted by molar-refractivity contribution is -0.117. The van der Waals surface area contributed by atoms with Crippen LogP contribution in [-0.2, 0) is 4.79 Å². The van der Waals surface area contributed by atoms with Crippen molar-refractivity contribution in [2.24, 2.45) is 5.92 Å². The molecule has 1 saturated heterocycles. The third kappa shape index (κ3) is 6.60. The molecule has 0 unspecified atom stereocenters. The van der Waals surface area contributed by atoms with Gasteiger partial charge in [0.1, 0.15) is 33.4 Å². The molecule has 1 saturated carbocycles. The fraction of sp³-hybridized carbons (Fsp3) is 0.385. The summed E-state index contributed by atoms with van der Waals surface area (Å²) in [6.07, 6.45) is 3.29. The lowest BCUT2D eigenvalue weighted by Gasteiger charge is -2.42. The Hall–Kier alpha value is -3.91. The van der Waals surface area contributed by atoms with Crippen molar-refractivity contribution in [1.29, 1.82) is 0 Å². The molecule has 3 N–H and O–H groups in total. The van der Waals surface area contributed by atoms with Crippen LogP contribution in [0.4, 0.5) is 17.2 Å². The predicted octanol–water partition coefficient (Wildman–Crippen LogP) is -0.673. The highest BCUT2D eigenvalue weighted by Crippen LogP contribution is 2.40. The van der Waals surface area contributed by atoms with Gasteiger partial charge in [-0.2, -0.15) is 0 Å². The summed E-state index contributed by atoms with van der Waals surface area (Å²) in [5.41, 5.74) is 1.64. The Labute approximate surface area is 251 Å². The summed E-state index contributed by atoms with van der Waals surface area (Å²) in [4.78, 5) is 47.6. The van der Waals surface area contributed by atoms with Gasteiger partial charge in [-0.05, 0) is 44.3 Å². The second kappa shape index (κ2) is 11.8.